The van der Waals surface area contributed by atoms with Gasteiger partial charge in [0, 0.05) is 38.6 Å². The number of fused-ring (bicyclic) bond motifs is 3. The van der Waals surface area contributed by atoms with Gasteiger partial charge in [-0.05, 0) is 46.8 Å². The van der Waals surface area contributed by atoms with Gasteiger partial charge in [0.1, 0.15) is 5.78 Å². The van der Waals surface area contributed by atoms with Gasteiger partial charge in [0.05, 0.1) is 11.0 Å². The lowest BCUT2D eigenvalue weighted by molar-refractivity contribution is -0.120. The van der Waals surface area contributed by atoms with E-state index in [0.29, 0.717) is 43.0 Å². The van der Waals surface area contributed by atoms with Crippen molar-refractivity contribution in [1.82, 2.24) is 29.9 Å². The summed E-state index contributed by atoms with van der Waals surface area (Å²) < 4.78 is 1.64. The van der Waals surface area contributed by atoms with E-state index in [4.69, 9.17) is 0 Å². The third kappa shape index (κ3) is 4.07. The van der Waals surface area contributed by atoms with E-state index in [1.165, 1.54) is 0 Å². The number of carbonyl (C=O) groups excluding carboxylic acids is 2. The number of anilines is 2. The fourth-order valence-electron chi connectivity index (χ4n) is 3.46. The number of aromatic nitrogens is 5. The summed E-state index contributed by atoms with van der Waals surface area (Å²) in [6.07, 6.45) is 0.864. The summed E-state index contributed by atoms with van der Waals surface area (Å²) in [7, 11) is 0. The first-order valence-corrected chi connectivity index (χ1v) is 10.3. The minimum Gasteiger partial charge on any atom is -0.338 e. The van der Waals surface area contributed by atoms with Gasteiger partial charge in [0.25, 0.3) is 5.91 Å². The third-order valence-electron chi connectivity index (χ3n) is 5.03. The highest BCUT2D eigenvalue weighted by molar-refractivity contribution is 5.96. The number of tetrazole rings is 1. The summed E-state index contributed by atoms with van der Waals surface area (Å²) >= 11 is 0. The largest absolute Gasteiger partial charge is 0.338 e. The number of para-hydroxylation sites is 2. The summed E-state index contributed by atoms with van der Waals surface area (Å²) in [6, 6.07) is 14.8. The van der Waals surface area contributed by atoms with E-state index >= 15 is 0 Å². The van der Waals surface area contributed by atoms with Crippen molar-refractivity contribution in [3.8, 4) is 0 Å². The molecule has 1 saturated heterocycles. The lowest BCUT2D eigenvalue weighted by atomic mass is 10.1. The Hall–Kier alpha value is -3.88. The van der Waals surface area contributed by atoms with Crippen LogP contribution in [0.3, 0.4) is 0 Å². The Morgan fingerprint density at radius 1 is 1.03 bits per heavy atom. The van der Waals surface area contributed by atoms with Gasteiger partial charge in [0.2, 0.25) is 5.65 Å². The monoisotopic (exact) mass is 419 g/mol. The molecule has 2 aromatic heterocycles. The number of rotatable bonds is 3. The fourth-order valence-corrected chi connectivity index (χ4v) is 3.46. The molecule has 0 atom stereocenters. The van der Waals surface area contributed by atoms with Gasteiger partial charge in [0.15, 0.2) is 5.82 Å². The van der Waals surface area contributed by atoms with E-state index in [-0.39, 0.29) is 13.1 Å². The predicted octanol–water partition coefficient (Wildman–Crippen LogP) is 3.49. The highest BCUT2D eigenvalue weighted by Crippen LogP contribution is 2.23. The van der Waals surface area contributed by atoms with Crippen molar-refractivity contribution in [2.75, 3.05) is 18.4 Å². The lowest BCUT2D eigenvalue weighted by Crippen LogP contribution is -2.38. The summed E-state index contributed by atoms with van der Waals surface area (Å²) in [5, 5.41) is 15.1. The van der Waals surface area contributed by atoms with Crippen LogP contribution in [0.5, 0.6) is 0 Å². The molecule has 1 aliphatic heterocycles. The SMILES string of the molecule is CC.O=C1CCN(C(=O)c2ccc(Nc3nc4ccccc4n4nnnc34)cc2)CC1.[HH]. The molecule has 4 aromatic rings. The maximum atomic E-state index is 12.6. The van der Waals surface area contributed by atoms with E-state index < -0.39 is 0 Å². The van der Waals surface area contributed by atoms with Gasteiger partial charge >= 0.3 is 0 Å². The second kappa shape index (κ2) is 8.86. The van der Waals surface area contributed by atoms with Crippen LogP contribution >= 0.6 is 0 Å². The highest BCUT2D eigenvalue weighted by atomic mass is 16.2. The number of amides is 1. The van der Waals surface area contributed by atoms with Crippen molar-refractivity contribution in [2.24, 2.45) is 0 Å². The zero-order valence-electron chi connectivity index (χ0n) is 17.4. The number of carbonyl (C=O) groups is 2. The van der Waals surface area contributed by atoms with Gasteiger partial charge in [-0.2, -0.15) is 4.52 Å². The average molecular weight is 419 g/mol. The predicted molar refractivity (Wildman–Crippen MR) is 119 cm³/mol. The Kier molecular flexibility index (Phi) is 5.83. The van der Waals surface area contributed by atoms with E-state index in [1.807, 2.05) is 50.2 Å². The molecule has 2 aromatic carbocycles. The van der Waals surface area contributed by atoms with Crippen molar-refractivity contribution in [2.45, 2.75) is 26.7 Å². The van der Waals surface area contributed by atoms with Crippen LogP contribution in [-0.4, -0.2) is 54.7 Å². The molecule has 0 aliphatic carbocycles. The van der Waals surface area contributed by atoms with E-state index in [1.54, 1.807) is 21.5 Å². The zero-order valence-corrected chi connectivity index (χ0v) is 17.4. The van der Waals surface area contributed by atoms with Crippen molar-refractivity contribution < 1.29 is 11.0 Å². The van der Waals surface area contributed by atoms with Gasteiger partial charge in [-0.3, -0.25) is 9.59 Å². The van der Waals surface area contributed by atoms with Crippen LogP contribution in [0.15, 0.2) is 48.5 Å². The highest BCUT2D eigenvalue weighted by Gasteiger charge is 2.21. The fraction of sp³-hybridized carbons (Fsp3) is 0.273. The second-order valence-electron chi connectivity index (χ2n) is 6.90. The standard InChI is InChI=1S/C20H17N7O2.C2H6.H2/c28-15-9-11-26(12-10-15)20(29)13-5-7-14(8-6-13)21-18-19-23-24-25-27(19)17-4-2-1-3-16(17)22-18;1-2;/h1-8H,9-12H2,(H,21,22);1-2H3;1H. The van der Waals surface area contributed by atoms with Crippen LogP contribution in [0.2, 0.25) is 0 Å². The minimum absolute atomic E-state index is 0. The Balaban J connectivity index is 0.000000938. The number of Topliss-reactive ketones (excluding diaryl/α,β-unsaturated/α-hetero) is 1. The average Bonchev–Trinajstić information content (AvgIpc) is 3.32. The Morgan fingerprint density at radius 2 is 1.74 bits per heavy atom. The number of likely N-dealkylation sites (tertiary alicyclic amines) is 1. The molecule has 1 aliphatic rings. The summed E-state index contributed by atoms with van der Waals surface area (Å²) in [5.41, 5.74) is 3.45. The molecule has 160 valence electrons. The van der Waals surface area contributed by atoms with Crippen LogP contribution in [0.1, 0.15) is 38.5 Å². The normalized spacial score (nSPS) is 13.7. The molecule has 9 heteroatoms. The number of ketones is 1. The van der Waals surface area contributed by atoms with Crippen molar-refractivity contribution in [3.63, 3.8) is 0 Å². The first-order chi connectivity index (χ1) is 15.2. The van der Waals surface area contributed by atoms with Crippen molar-refractivity contribution in [3.05, 3.63) is 54.1 Å². The molecule has 5 rings (SSSR count). The quantitative estimate of drug-likeness (QED) is 0.542. The first-order valence-electron chi connectivity index (χ1n) is 10.3. The van der Waals surface area contributed by atoms with Crippen LogP contribution in [0.4, 0.5) is 11.5 Å². The topological polar surface area (TPSA) is 105 Å². The van der Waals surface area contributed by atoms with Gasteiger partial charge in [-0.25, -0.2) is 4.98 Å². The van der Waals surface area contributed by atoms with Crippen LogP contribution < -0.4 is 5.32 Å². The van der Waals surface area contributed by atoms with Crippen LogP contribution in [0, 0.1) is 0 Å². The Labute approximate surface area is 180 Å². The molecule has 1 amide bonds. The second-order valence-corrected chi connectivity index (χ2v) is 6.90. The molecule has 0 unspecified atom stereocenters. The van der Waals surface area contributed by atoms with Gasteiger partial charge < -0.3 is 10.2 Å². The smallest absolute Gasteiger partial charge is 0.253 e. The molecule has 0 radical (unpaired) electrons. The number of nitrogens with one attached hydrogen (secondary N) is 1. The van der Waals surface area contributed by atoms with E-state index in [9.17, 15) is 9.59 Å². The Morgan fingerprint density at radius 3 is 2.48 bits per heavy atom. The van der Waals surface area contributed by atoms with Crippen LogP contribution in [-0.2, 0) is 4.79 Å². The third-order valence-corrected chi connectivity index (χ3v) is 5.03. The molecule has 0 saturated carbocycles. The molecule has 9 nitrogen and oxygen atoms in total. The zero-order chi connectivity index (χ0) is 21.8. The molecule has 1 N–H and O–H groups in total. The van der Waals surface area contributed by atoms with Crippen molar-refractivity contribution in [1.29, 1.82) is 0 Å². The molecular weight excluding hydrogens is 394 g/mol. The van der Waals surface area contributed by atoms with Crippen molar-refractivity contribution >= 4 is 39.9 Å². The van der Waals surface area contributed by atoms with E-state index in [2.05, 4.69) is 25.8 Å². The summed E-state index contributed by atoms with van der Waals surface area (Å²) in [5.74, 6) is 0.685. The maximum Gasteiger partial charge on any atom is 0.253 e. The number of hydrogen-bond acceptors (Lipinski definition) is 7. The molecule has 0 bridgehead atoms. The maximum absolute atomic E-state index is 12.6. The molecule has 31 heavy (non-hydrogen) atoms. The number of benzene rings is 2. The van der Waals surface area contributed by atoms with Crippen LogP contribution in [0.25, 0.3) is 16.7 Å². The molecule has 3 heterocycles. The number of hydrogen-bond donors (Lipinski definition) is 1. The Bertz CT molecular complexity index is 1230. The van der Waals surface area contributed by atoms with Gasteiger partial charge in [-0.1, -0.05) is 26.0 Å². The first kappa shape index (κ1) is 20.4. The summed E-state index contributed by atoms with van der Waals surface area (Å²) in [4.78, 5) is 30.3. The summed E-state index contributed by atoms with van der Waals surface area (Å²) in [6.45, 7) is 4.97. The van der Waals surface area contributed by atoms with Gasteiger partial charge in [-0.15, -0.1) is 5.10 Å². The molecular formula is C22H25N7O2. The number of piperidine rings is 1. The lowest BCUT2D eigenvalue weighted by Gasteiger charge is -2.26. The minimum atomic E-state index is -0.0584. The number of nitrogens with zero attached hydrogens (tertiary/aromatic N) is 6. The molecule has 0 spiro atoms. The molecule has 1 fully saturated rings. The van der Waals surface area contributed by atoms with E-state index in [0.717, 1.165) is 16.7 Å².